The van der Waals surface area contributed by atoms with E-state index in [4.69, 9.17) is 11.0 Å². The zero-order valence-corrected chi connectivity index (χ0v) is 12.4. The molecule has 102 valence electrons. The minimum atomic E-state index is -3.92. The lowest BCUT2D eigenvalue weighted by Gasteiger charge is -2.10. The number of nitrogens with zero attached hydrogens (tertiary/aromatic N) is 2. The van der Waals surface area contributed by atoms with Crippen LogP contribution in [0.4, 0.5) is 11.4 Å². The molecule has 0 fully saturated rings. The summed E-state index contributed by atoms with van der Waals surface area (Å²) >= 11 is 3.23. The van der Waals surface area contributed by atoms with E-state index in [9.17, 15) is 8.42 Å². The highest BCUT2D eigenvalue weighted by Gasteiger charge is 2.20. The van der Waals surface area contributed by atoms with Gasteiger partial charge in [0.1, 0.15) is 11.0 Å². The van der Waals surface area contributed by atoms with Crippen LogP contribution in [-0.2, 0) is 10.0 Å². The summed E-state index contributed by atoms with van der Waals surface area (Å²) in [7, 11) is -3.92. The fraction of sp³-hybridized carbons (Fsp3) is 0. The summed E-state index contributed by atoms with van der Waals surface area (Å²) in [6.45, 7) is 0. The summed E-state index contributed by atoms with van der Waals surface area (Å²) in [6, 6.07) is 9.24. The molecule has 0 spiro atoms. The molecule has 1 aromatic heterocycles. The van der Waals surface area contributed by atoms with Gasteiger partial charge in [-0.1, -0.05) is 0 Å². The number of halogens is 1. The lowest BCUT2D eigenvalue weighted by atomic mass is 10.3. The standard InChI is InChI=1S/C12H9BrN4O2S/c13-9-4-3-8(15)6-10(9)17-20(18,19)12-2-1-5-16-11(12)7-14/h1-6,17H,15H2. The van der Waals surface area contributed by atoms with Gasteiger partial charge in [-0.2, -0.15) is 5.26 Å². The number of rotatable bonds is 3. The smallest absolute Gasteiger partial charge is 0.264 e. The van der Waals surface area contributed by atoms with E-state index in [0.717, 1.165) is 0 Å². The molecule has 0 unspecified atom stereocenters. The minimum absolute atomic E-state index is 0.167. The molecular formula is C12H9BrN4O2S. The van der Waals surface area contributed by atoms with Gasteiger partial charge < -0.3 is 5.73 Å². The predicted octanol–water partition coefficient (Wildman–Crippen LogP) is 2.10. The highest BCUT2D eigenvalue weighted by atomic mass is 79.9. The molecule has 0 atom stereocenters. The molecule has 1 aromatic carbocycles. The van der Waals surface area contributed by atoms with Crippen LogP contribution in [0.5, 0.6) is 0 Å². The number of hydrogen-bond donors (Lipinski definition) is 2. The van der Waals surface area contributed by atoms with Crippen LogP contribution in [0, 0.1) is 11.3 Å². The lowest BCUT2D eigenvalue weighted by Crippen LogP contribution is -2.15. The molecule has 2 aromatic rings. The number of anilines is 2. The molecule has 0 saturated carbocycles. The van der Waals surface area contributed by atoms with Gasteiger partial charge >= 0.3 is 0 Å². The van der Waals surface area contributed by atoms with Crippen molar-refractivity contribution in [2.45, 2.75) is 4.90 Å². The number of aromatic nitrogens is 1. The van der Waals surface area contributed by atoms with Crippen molar-refractivity contribution in [2.75, 3.05) is 10.5 Å². The summed E-state index contributed by atoms with van der Waals surface area (Å²) < 4.78 is 27.5. The highest BCUT2D eigenvalue weighted by molar-refractivity contribution is 9.10. The number of nitrogen functional groups attached to an aromatic ring is 1. The second-order valence-electron chi connectivity index (χ2n) is 3.81. The molecule has 20 heavy (non-hydrogen) atoms. The topological polar surface area (TPSA) is 109 Å². The first-order chi connectivity index (χ1) is 9.44. The van der Waals surface area contributed by atoms with E-state index < -0.39 is 10.0 Å². The predicted molar refractivity (Wildman–Crippen MR) is 78.3 cm³/mol. The van der Waals surface area contributed by atoms with Gasteiger partial charge in [0.05, 0.1) is 5.69 Å². The Morgan fingerprint density at radius 2 is 2.10 bits per heavy atom. The summed E-state index contributed by atoms with van der Waals surface area (Å²) in [5, 5.41) is 8.91. The molecule has 0 aliphatic carbocycles. The molecule has 0 amide bonds. The quantitative estimate of drug-likeness (QED) is 0.822. The Balaban J connectivity index is 2.47. The molecule has 3 N–H and O–H groups in total. The van der Waals surface area contributed by atoms with Gasteiger partial charge in [0.15, 0.2) is 5.69 Å². The van der Waals surface area contributed by atoms with Crippen LogP contribution >= 0.6 is 15.9 Å². The third kappa shape index (κ3) is 2.89. The first-order valence-electron chi connectivity index (χ1n) is 5.37. The Morgan fingerprint density at radius 3 is 2.80 bits per heavy atom. The lowest BCUT2D eigenvalue weighted by molar-refractivity contribution is 0.600. The van der Waals surface area contributed by atoms with Gasteiger partial charge in [0, 0.05) is 16.4 Å². The fourth-order valence-corrected chi connectivity index (χ4v) is 3.17. The molecular weight excluding hydrogens is 344 g/mol. The van der Waals surface area contributed by atoms with Crippen LogP contribution in [0.2, 0.25) is 0 Å². The van der Waals surface area contributed by atoms with Gasteiger partial charge in [0.2, 0.25) is 0 Å². The number of nitrogens with two attached hydrogens (primary N) is 1. The Hall–Kier alpha value is -2.11. The third-order valence-electron chi connectivity index (χ3n) is 2.40. The van der Waals surface area contributed by atoms with Crippen molar-refractivity contribution in [3.05, 3.63) is 46.7 Å². The number of pyridine rings is 1. The Labute approximate surface area is 124 Å². The normalized spacial score (nSPS) is 10.8. The summed E-state index contributed by atoms with van der Waals surface area (Å²) in [5.41, 5.74) is 6.16. The van der Waals surface area contributed by atoms with Crippen molar-refractivity contribution < 1.29 is 8.42 Å². The van der Waals surface area contributed by atoms with Gasteiger partial charge in [-0.25, -0.2) is 13.4 Å². The van der Waals surface area contributed by atoms with Crippen molar-refractivity contribution in [1.82, 2.24) is 4.98 Å². The molecule has 0 saturated heterocycles. The van der Waals surface area contributed by atoms with E-state index in [0.29, 0.717) is 10.2 Å². The number of sulfonamides is 1. The van der Waals surface area contributed by atoms with E-state index in [1.165, 1.54) is 24.4 Å². The van der Waals surface area contributed by atoms with Gasteiger partial charge in [-0.15, -0.1) is 0 Å². The van der Waals surface area contributed by atoms with Crippen LogP contribution in [0.1, 0.15) is 5.69 Å². The zero-order chi connectivity index (χ0) is 14.8. The second-order valence-corrected chi connectivity index (χ2v) is 6.31. The first-order valence-corrected chi connectivity index (χ1v) is 7.64. The molecule has 0 bridgehead atoms. The minimum Gasteiger partial charge on any atom is -0.399 e. The van der Waals surface area contributed by atoms with Crippen LogP contribution in [-0.4, -0.2) is 13.4 Å². The molecule has 1 heterocycles. The zero-order valence-electron chi connectivity index (χ0n) is 10.0. The third-order valence-corrected chi connectivity index (χ3v) is 4.49. The fourth-order valence-electron chi connectivity index (χ4n) is 1.51. The SMILES string of the molecule is N#Cc1ncccc1S(=O)(=O)Nc1cc(N)ccc1Br. The molecule has 2 rings (SSSR count). The average molecular weight is 353 g/mol. The summed E-state index contributed by atoms with van der Waals surface area (Å²) in [4.78, 5) is 3.54. The second kappa shape index (κ2) is 5.48. The molecule has 6 nitrogen and oxygen atoms in total. The maximum atomic E-state index is 12.3. The Kier molecular flexibility index (Phi) is 3.92. The van der Waals surface area contributed by atoms with E-state index in [-0.39, 0.29) is 16.3 Å². The maximum Gasteiger partial charge on any atom is 0.264 e. The Bertz CT molecular complexity index is 799. The van der Waals surface area contributed by atoms with Crippen molar-refractivity contribution >= 4 is 37.3 Å². The summed E-state index contributed by atoms with van der Waals surface area (Å²) in [6.07, 6.45) is 1.36. The van der Waals surface area contributed by atoms with Crippen molar-refractivity contribution in [2.24, 2.45) is 0 Å². The molecule has 0 aliphatic rings. The molecule has 0 radical (unpaired) electrons. The van der Waals surface area contributed by atoms with Crippen molar-refractivity contribution in [3.8, 4) is 6.07 Å². The van der Waals surface area contributed by atoms with Gasteiger partial charge in [0.25, 0.3) is 10.0 Å². The van der Waals surface area contributed by atoms with E-state index in [1.807, 2.05) is 0 Å². The molecule has 8 heteroatoms. The van der Waals surface area contributed by atoms with E-state index >= 15 is 0 Å². The number of nitriles is 1. The number of nitrogens with one attached hydrogen (secondary N) is 1. The van der Waals surface area contributed by atoms with Gasteiger partial charge in [-0.05, 0) is 46.3 Å². The average Bonchev–Trinajstić information content (AvgIpc) is 2.42. The maximum absolute atomic E-state index is 12.3. The first kappa shape index (κ1) is 14.3. The van der Waals surface area contributed by atoms with Crippen molar-refractivity contribution in [3.63, 3.8) is 0 Å². The van der Waals surface area contributed by atoms with Crippen LogP contribution in [0.15, 0.2) is 45.9 Å². The van der Waals surface area contributed by atoms with E-state index in [2.05, 4.69) is 25.6 Å². The Morgan fingerprint density at radius 1 is 1.35 bits per heavy atom. The number of hydrogen-bond acceptors (Lipinski definition) is 5. The number of benzene rings is 1. The van der Waals surface area contributed by atoms with E-state index in [1.54, 1.807) is 18.2 Å². The van der Waals surface area contributed by atoms with Gasteiger partial charge in [-0.3, -0.25) is 4.72 Å². The largest absolute Gasteiger partial charge is 0.399 e. The van der Waals surface area contributed by atoms with Crippen LogP contribution in [0.25, 0.3) is 0 Å². The monoisotopic (exact) mass is 352 g/mol. The molecule has 0 aliphatic heterocycles. The summed E-state index contributed by atoms with van der Waals surface area (Å²) in [5.74, 6) is 0. The van der Waals surface area contributed by atoms with Crippen molar-refractivity contribution in [1.29, 1.82) is 5.26 Å². The highest BCUT2D eigenvalue weighted by Crippen LogP contribution is 2.27. The van der Waals surface area contributed by atoms with Crippen LogP contribution < -0.4 is 10.5 Å². The van der Waals surface area contributed by atoms with Crippen LogP contribution in [0.3, 0.4) is 0 Å².